The highest BCUT2D eigenvalue weighted by Crippen LogP contribution is 2.14. The number of hydrogen-bond acceptors (Lipinski definition) is 4. The first-order valence-electron chi connectivity index (χ1n) is 7.00. The Morgan fingerprint density at radius 2 is 1.70 bits per heavy atom. The Morgan fingerprint density at radius 3 is 2.22 bits per heavy atom. The van der Waals surface area contributed by atoms with Gasteiger partial charge in [-0.3, -0.25) is 14.4 Å². The van der Waals surface area contributed by atoms with Crippen molar-refractivity contribution in [2.45, 2.75) is 26.8 Å². The summed E-state index contributed by atoms with van der Waals surface area (Å²) in [7, 11) is 0. The first-order chi connectivity index (χ1) is 10.3. The van der Waals surface area contributed by atoms with E-state index in [1.54, 1.807) is 24.3 Å². The van der Waals surface area contributed by atoms with E-state index in [2.05, 4.69) is 16.0 Å². The Hall–Kier alpha value is -2.12. The summed E-state index contributed by atoms with van der Waals surface area (Å²) >= 11 is 0. The molecule has 1 aromatic carbocycles. The summed E-state index contributed by atoms with van der Waals surface area (Å²) in [5.41, 5.74) is 6.79. The number of carbonyl (C=O) groups excluding carboxylic acids is 3. The van der Waals surface area contributed by atoms with Crippen molar-refractivity contribution in [3.8, 4) is 0 Å². The Morgan fingerprint density at radius 1 is 1.13 bits per heavy atom. The highest BCUT2D eigenvalue weighted by Gasteiger charge is 2.17. The van der Waals surface area contributed by atoms with Crippen molar-refractivity contribution in [1.82, 2.24) is 5.32 Å². The second-order valence-corrected chi connectivity index (χ2v) is 5.30. The maximum Gasteiger partial charge on any atom is 0.243 e. The number of halogens is 1. The van der Waals surface area contributed by atoms with Crippen LogP contribution >= 0.6 is 12.4 Å². The largest absolute Gasteiger partial charge is 0.346 e. The van der Waals surface area contributed by atoms with Crippen LogP contribution in [-0.4, -0.2) is 30.3 Å². The molecule has 0 aliphatic heterocycles. The molecule has 1 atom stereocenters. The molecule has 3 amide bonds. The van der Waals surface area contributed by atoms with Crippen LogP contribution in [0.2, 0.25) is 0 Å². The van der Waals surface area contributed by atoms with Gasteiger partial charge in [0.1, 0.15) is 0 Å². The van der Waals surface area contributed by atoms with E-state index in [4.69, 9.17) is 5.73 Å². The van der Waals surface area contributed by atoms with Gasteiger partial charge in [0, 0.05) is 18.3 Å². The van der Waals surface area contributed by atoms with Gasteiger partial charge in [0.15, 0.2) is 0 Å². The molecule has 0 saturated carbocycles. The van der Waals surface area contributed by atoms with Crippen LogP contribution in [0.4, 0.5) is 11.4 Å². The van der Waals surface area contributed by atoms with E-state index in [9.17, 15) is 14.4 Å². The van der Waals surface area contributed by atoms with Gasteiger partial charge < -0.3 is 21.7 Å². The highest BCUT2D eigenvalue weighted by atomic mass is 35.5. The van der Waals surface area contributed by atoms with E-state index in [1.807, 2.05) is 13.8 Å². The maximum absolute atomic E-state index is 11.8. The molecule has 7 nitrogen and oxygen atoms in total. The van der Waals surface area contributed by atoms with Crippen molar-refractivity contribution in [2.24, 2.45) is 11.7 Å². The van der Waals surface area contributed by atoms with Crippen molar-refractivity contribution < 1.29 is 14.4 Å². The SMILES string of the molecule is CC(=O)Nc1cccc(NC(=O)CNC(=O)[C@@H](N)C(C)C)c1.Cl. The van der Waals surface area contributed by atoms with Crippen LogP contribution in [-0.2, 0) is 14.4 Å². The molecule has 1 rings (SSSR count). The van der Waals surface area contributed by atoms with E-state index in [-0.39, 0.29) is 42.6 Å². The highest BCUT2D eigenvalue weighted by molar-refractivity contribution is 5.96. The van der Waals surface area contributed by atoms with Crippen molar-refractivity contribution in [2.75, 3.05) is 17.2 Å². The third-order valence-corrected chi connectivity index (χ3v) is 2.91. The monoisotopic (exact) mass is 342 g/mol. The first kappa shape index (κ1) is 20.9. The van der Waals surface area contributed by atoms with E-state index in [0.717, 1.165) is 0 Å². The van der Waals surface area contributed by atoms with Crippen LogP contribution < -0.4 is 21.7 Å². The minimum absolute atomic E-state index is 0. The number of anilines is 2. The van der Waals surface area contributed by atoms with Gasteiger partial charge in [0.2, 0.25) is 17.7 Å². The lowest BCUT2D eigenvalue weighted by Crippen LogP contribution is -2.46. The number of nitrogens with one attached hydrogen (secondary N) is 3. The summed E-state index contributed by atoms with van der Waals surface area (Å²) in [4.78, 5) is 34.4. The Bertz CT molecular complexity index is 563. The zero-order valence-electron chi connectivity index (χ0n) is 13.4. The summed E-state index contributed by atoms with van der Waals surface area (Å²) in [6.07, 6.45) is 0. The number of amides is 3. The van der Waals surface area contributed by atoms with Crippen molar-refractivity contribution in [3.05, 3.63) is 24.3 Å². The first-order valence-corrected chi connectivity index (χ1v) is 7.00. The molecule has 23 heavy (non-hydrogen) atoms. The van der Waals surface area contributed by atoms with Crippen molar-refractivity contribution >= 4 is 41.5 Å². The summed E-state index contributed by atoms with van der Waals surface area (Å²) in [5.74, 6) is -0.933. The van der Waals surface area contributed by atoms with Gasteiger partial charge in [-0.25, -0.2) is 0 Å². The molecule has 0 unspecified atom stereocenters. The number of hydrogen-bond donors (Lipinski definition) is 4. The molecule has 1 aromatic rings. The van der Waals surface area contributed by atoms with Crippen LogP contribution in [0.3, 0.4) is 0 Å². The van der Waals surface area contributed by atoms with Crippen LogP contribution in [0.15, 0.2) is 24.3 Å². The minimum atomic E-state index is -0.643. The fourth-order valence-corrected chi connectivity index (χ4v) is 1.67. The maximum atomic E-state index is 11.8. The second kappa shape index (κ2) is 9.81. The third-order valence-electron chi connectivity index (χ3n) is 2.91. The fraction of sp³-hybridized carbons (Fsp3) is 0.400. The Balaban J connectivity index is 0.00000484. The van der Waals surface area contributed by atoms with E-state index in [1.165, 1.54) is 6.92 Å². The molecule has 0 aromatic heterocycles. The van der Waals surface area contributed by atoms with Crippen LogP contribution in [0.1, 0.15) is 20.8 Å². The van der Waals surface area contributed by atoms with Crippen molar-refractivity contribution in [1.29, 1.82) is 0 Å². The van der Waals surface area contributed by atoms with Gasteiger partial charge in [0.25, 0.3) is 0 Å². The number of nitrogens with two attached hydrogens (primary N) is 1. The van der Waals surface area contributed by atoms with Gasteiger partial charge in [0.05, 0.1) is 12.6 Å². The summed E-state index contributed by atoms with van der Waals surface area (Å²) in [6.45, 7) is 4.90. The lowest BCUT2D eigenvalue weighted by Gasteiger charge is -2.15. The minimum Gasteiger partial charge on any atom is -0.346 e. The Labute approximate surface area is 141 Å². The zero-order chi connectivity index (χ0) is 16.7. The quantitative estimate of drug-likeness (QED) is 0.620. The van der Waals surface area contributed by atoms with Crippen LogP contribution in [0, 0.1) is 5.92 Å². The van der Waals surface area contributed by atoms with Crippen molar-refractivity contribution in [3.63, 3.8) is 0 Å². The van der Waals surface area contributed by atoms with E-state index >= 15 is 0 Å². The molecule has 0 spiro atoms. The number of benzene rings is 1. The average Bonchev–Trinajstić information content (AvgIpc) is 2.43. The van der Waals surface area contributed by atoms with Gasteiger partial charge in [-0.15, -0.1) is 12.4 Å². The predicted molar refractivity (Wildman–Crippen MR) is 92.4 cm³/mol. The molecule has 0 heterocycles. The topological polar surface area (TPSA) is 113 Å². The molecule has 5 N–H and O–H groups in total. The van der Waals surface area contributed by atoms with Crippen LogP contribution in [0.25, 0.3) is 0 Å². The summed E-state index contributed by atoms with van der Waals surface area (Å²) in [5, 5.41) is 7.74. The lowest BCUT2D eigenvalue weighted by molar-refractivity contribution is -0.125. The smallest absolute Gasteiger partial charge is 0.243 e. The molecular weight excluding hydrogens is 320 g/mol. The molecule has 0 aliphatic rings. The standard InChI is InChI=1S/C15H22N4O3.ClH/c1-9(2)14(16)15(22)17-8-13(21)19-12-6-4-5-11(7-12)18-10(3)20;/h4-7,9,14H,8,16H2,1-3H3,(H,17,22)(H,18,20)(H,19,21);1H/t14-;/m0./s1. The average molecular weight is 343 g/mol. The van der Waals surface area contributed by atoms with Gasteiger partial charge in [-0.1, -0.05) is 19.9 Å². The lowest BCUT2D eigenvalue weighted by atomic mass is 10.1. The molecule has 0 bridgehead atoms. The normalized spacial score (nSPS) is 11.2. The second-order valence-electron chi connectivity index (χ2n) is 5.30. The summed E-state index contributed by atoms with van der Waals surface area (Å²) < 4.78 is 0. The molecule has 128 valence electrons. The zero-order valence-corrected chi connectivity index (χ0v) is 14.2. The predicted octanol–water partition coefficient (Wildman–Crippen LogP) is 1.10. The third kappa shape index (κ3) is 7.62. The molecular formula is C15H23ClN4O3. The molecule has 8 heteroatoms. The molecule has 0 saturated heterocycles. The fourth-order valence-electron chi connectivity index (χ4n) is 1.67. The number of carbonyl (C=O) groups is 3. The molecule has 0 radical (unpaired) electrons. The van der Waals surface area contributed by atoms with E-state index < -0.39 is 6.04 Å². The van der Waals surface area contributed by atoms with Gasteiger partial charge >= 0.3 is 0 Å². The van der Waals surface area contributed by atoms with E-state index in [0.29, 0.717) is 11.4 Å². The van der Waals surface area contributed by atoms with Gasteiger partial charge in [-0.2, -0.15) is 0 Å². The van der Waals surface area contributed by atoms with Gasteiger partial charge in [-0.05, 0) is 24.1 Å². The number of rotatable bonds is 6. The molecule has 0 aliphatic carbocycles. The Kier molecular flexibility index (Phi) is 8.90. The van der Waals surface area contributed by atoms with Crippen LogP contribution in [0.5, 0.6) is 0 Å². The summed E-state index contributed by atoms with van der Waals surface area (Å²) in [6, 6.07) is 6.08. The molecule has 0 fully saturated rings.